The molecular formula is C21H29FN2O2. The van der Waals surface area contributed by atoms with Crippen molar-refractivity contribution in [1.29, 1.82) is 0 Å². The van der Waals surface area contributed by atoms with Gasteiger partial charge in [0.2, 0.25) is 5.91 Å². The number of ether oxygens (including phenoxy) is 1. The zero-order valence-corrected chi connectivity index (χ0v) is 15.5. The first-order valence-corrected chi connectivity index (χ1v) is 10.1. The Morgan fingerprint density at radius 3 is 2.35 bits per heavy atom. The van der Waals surface area contributed by atoms with Crippen molar-refractivity contribution in [1.82, 2.24) is 9.80 Å². The predicted molar refractivity (Wildman–Crippen MR) is 98.5 cm³/mol. The fourth-order valence-electron chi connectivity index (χ4n) is 5.01. The molecule has 1 aromatic carbocycles. The molecule has 1 aromatic rings. The van der Waals surface area contributed by atoms with E-state index in [1.165, 1.54) is 32.0 Å². The molecule has 0 N–H and O–H groups in total. The van der Waals surface area contributed by atoms with Gasteiger partial charge in [0.05, 0.1) is 5.41 Å². The Labute approximate surface area is 155 Å². The van der Waals surface area contributed by atoms with Gasteiger partial charge in [-0.2, -0.15) is 0 Å². The normalized spacial score (nSPS) is 24.7. The average molecular weight is 360 g/mol. The first-order chi connectivity index (χ1) is 12.7. The second-order valence-electron chi connectivity index (χ2n) is 7.94. The van der Waals surface area contributed by atoms with Gasteiger partial charge in [-0.15, -0.1) is 0 Å². The van der Waals surface area contributed by atoms with Crippen LogP contribution in [0.5, 0.6) is 0 Å². The number of rotatable bonds is 3. The fraction of sp³-hybridized carbons (Fsp3) is 0.667. The predicted octanol–water partition coefficient (Wildman–Crippen LogP) is 2.96. The molecule has 3 aliphatic rings. The van der Waals surface area contributed by atoms with Crippen LogP contribution in [0.15, 0.2) is 24.3 Å². The third kappa shape index (κ3) is 3.27. The van der Waals surface area contributed by atoms with Crippen molar-refractivity contribution in [2.75, 3.05) is 39.4 Å². The number of hydrogen-bond donors (Lipinski definition) is 0. The lowest BCUT2D eigenvalue weighted by atomic mass is 9.72. The van der Waals surface area contributed by atoms with Crippen molar-refractivity contribution in [2.45, 2.75) is 50.0 Å². The van der Waals surface area contributed by atoms with E-state index >= 15 is 0 Å². The van der Waals surface area contributed by atoms with Gasteiger partial charge in [0.15, 0.2) is 0 Å². The van der Waals surface area contributed by atoms with Crippen molar-refractivity contribution in [3.05, 3.63) is 35.6 Å². The summed E-state index contributed by atoms with van der Waals surface area (Å²) in [6, 6.07) is 7.40. The molecule has 4 rings (SSSR count). The van der Waals surface area contributed by atoms with Gasteiger partial charge in [-0.3, -0.25) is 4.79 Å². The summed E-state index contributed by atoms with van der Waals surface area (Å²) in [4.78, 5) is 18.1. The van der Waals surface area contributed by atoms with Crippen molar-refractivity contribution < 1.29 is 13.9 Å². The van der Waals surface area contributed by atoms with Crippen molar-refractivity contribution in [3.63, 3.8) is 0 Å². The Hall–Kier alpha value is -1.46. The molecule has 1 amide bonds. The molecule has 3 fully saturated rings. The highest BCUT2D eigenvalue weighted by atomic mass is 19.1. The second-order valence-corrected chi connectivity index (χ2v) is 7.94. The van der Waals surface area contributed by atoms with E-state index in [-0.39, 0.29) is 11.7 Å². The van der Waals surface area contributed by atoms with Crippen molar-refractivity contribution >= 4 is 5.91 Å². The standard InChI is InChI=1S/C21H29FN2O2/c22-19-6-2-1-5-18(19)21(9-15-26-16-10-21)20(25)24-13-7-17(8-14-24)23-11-3-4-12-23/h1-2,5-6,17H,3-4,7-16H2. The van der Waals surface area contributed by atoms with E-state index in [2.05, 4.69) is 4.90 Å². The maximum atomic E-state index is 14.6. The highest BCUT2D eigenvalue weighted by Gasteiger charge is 2.46. The monoisotopic (exact) mass is 360 g/mol. The van der Waals surface area contributed by atoms with Crippen LogP contribution in [0.3, 0.4) is 0 Å². The van der Waals surface area contributed by atoms with Crippen LogP contribution in [0.4, 0.5) is 4.39 Å². The number of piperidine rings is 1. The Morgan fingerprint density at radius 2 is 1.69 bits per heavy atom. The molecule has 0 radical (unpaired) electrons. The van der Waals surface area contributed by atoms with E-state index in [1.807, 2.05) is 11.0 Å². The molecule has 4 nitrogen and oxygen atoms in total. The molecular weight excluding hydrogens is 331 g/mol. The van der Waals surface area contributed by atoms with E-state index in [9.17, 15) is 9.18 Å². The van der Waals surface area contributed by atoms with E-state index in [1.54, 1.807) is 12.1 Å². The molecule has 26 heavy (non-hydrogen) atoms. The van der Waals surface area contributed by atoms with Gasteiger partial charge >= 0.3 is 0 Å². The summed E-state index contributed by atoms with van der Waals surface area (Å²) in [7, 11) is 0. The number of likely N-dealkylation sites (tertiary alicyclic amines) is 2. The van der Waals surface area contributed by atoms with E-state index in [0.717, 1.165) is 25.9 Å². The lowest BCUT2D eigenvalue weighted by Crippen LogP contribution is -2.54. The zero-order chi connectivity index (χ0) is 18.0. The minimum atomic E-state index is -0.760. The molecule has 0 atom stereocenters. The number of benzene rings is 1. The number of carbonyl (C=O) groups excluding carboxylic acids is 1. The van der Waals surface area contributed by atoms with Gasteiger partial charge in [0, 0.05) is 37.9 Å². The molecule has 0 saturated carbocycles. The van der Waals surface area contributed by atoms with E-state index in [0.29, 0.717) is 37.7 Å². The number of carbonyl (C=O) groups is 1. The summed E-state index contributed by atoms with van der Waals surface area (Å²) in [6.45, 7) is 5.02. The second kappa shape index (κ2) is 7.65. The zero-order valence-electron chi connectivity index (χ0n) is 15.5. The molecule has 3 aliphatic heterocycles. The first-order valence-electron chi connectivity index (χ1n) is 10.1. The minimum Gasteiger partial charge on any atom is -0.381 e. The summed E-state index contributed by atoms with van der Waals surface area (Å²) in [5, 5.41) is 0. The molecule has 3 saturated heterocycles. The van der Waals surface area contributed by atoms with E-state index < -0.39 is 5.41 Å². The Morgan fingerprint density at radius 1 is 1.04 bits per heavy atom. The molecule has 5 heteroatoms. The smallest absolute Gasteiger partial charge is 0.233 e. The topological polar surface area (TPSA) is 32.8 Å². The van der Waals surface area contributed by atoms with Crippen LogP contribution in [-0.4, -0.2) is 61.1 Å². The summed E-state index contributed by atoms with van der Waals surface area (Å²) in [6.07, 6.45) is 5.81. The quantitative estimate of drug-likeness (QED) is 0.831. The average Bonchev–Trinajstić information content (AvgIpc) is 3.23. The number of hydrogen-bond acceptors (Lipinski definition) is 3. The third-order valence-corrected chi connectivity index (χ3v) is 6.55. The lowest BCUT2D eigenvalue weighted by Gasteiger charge is -2.43. The summed E-state index contributed by atoms with van der Waals surface area (Å²) in [5.74, 6) is -0.166. The molecule has 3 heterocycles. The van der Waals surface area contributed by atoms with E-state index in [4.69, 9.17) is 4.74 Å². The Kier molecular flexibility index (Phi) is 5.28. The molecule has 0 spiro atoms. The number of halogens is 1. The largest absolute Gasteiger partial charge is 0.381 e. The first kappa shape index (κ1) is 17.9. The maximum Gasteiger partial charge on any atom is 0.233 e. The molecule has 0 unspecified atom stereocenters. The highest BCUT2D eigenvalue weighted by Crippen LogP contribution is 2.39. The van der Waals surface area contributed by atoms with Gasteiger partial charge in [-0.05, 0) is 57.7 Å². The van der Waals surface area contributed by atoms with Crippen LogP contribution in [0.2, 0.25) is 0 Å². The summed E-state index contributed by atoms with van der Waals surface area (Å²) in [5.41, 5.74) is -0.209. The molecule has 0 aliphatic carbocycles. The molecule has 142 valence electrons. The van der Waals surface area contributed by atoms with Gasteiger partial charge in [-0.25, -0.2) is 4.39 Å². The highest BCUT2D eigenvalue weighted by molar-refractivity contribution is 5.88. The Bertz CT molecular complexity index is 631. The van der Waals surface area contributed by atoms with Crippen LogP contribution < -0.4 is 0 Å². The van der Waals surface area contributed by atoms with Gasteiger partial charge in [-0.1, -0.05) is 18.2 Å². The lowest BCUT2D eigenvalue weighted by molar-refractivity contribution is -0.143. The SMILES string of the molecule is O=C(N1CCC(N2CCCC2)CC1)C1(c2ccccc2F)CCOCC1. The van der Waals surface area contributed by atoms with Crippen LogP contribution >= 0.6 is 0 Å². The van der Waals surface area contributed by atoms with Gasteiger partial charge in [0.1, 0.15) is 5.82 Å². The fourth-order valence-corrected chi connectivity index (χ4v) is 5.01. The molecule has 0 bridgehead atoms. The summed E-state index contributed by atoms with van der Waals surface area (Å²) >= 11 is 0. The minimum absolute atomic E-state index is 0.103. The summed E-state index contributed by atoms with van der Waals surface area (Å²) < 4.78 is 20.1. The number of amides is 1. The van der Waals surface area contributed by atoms with Crippen molar-refractivity contribution in [2.24, 2.45) is 0 Å². The third-order valence-electron chi connectivity index (χ3n) is 6.55. The van der Waals surface area contributed by atoms with Crippen LogP contribution in [0, 0.1) is 5.82 Å². The maximum absolute atomic E-state index is 14.6. The van der Waals surface area contributed by atoms with Crippen LogP contribution in [0.25, 0.3) is 0 Å². The Balaban J connectivity index is 1.51. The van der Waals surface area contributed by atoms with Gasteiger partial charge < -0.3 is 14.5 Å². The van der Waals surface area contributed by atoms with Crippen molar-refractivity contribution in [3.8, 4) is 0 Å². The number of nitrogens with zero attached hydrogens (tertiary/aromatic N) is 2. The van der Waals surface area contributed by atoms with Crippen LogP contribution in [0.1, 0.15) is 44.1 Å². The van der Waals surface area contributed by atoms with Crippen LogP contribution in [-0.2, 0) is 14.9 Å². The molecule has 0 aromatic heterocycles. The van der Waals surface area contributed by atoms with Gasteiger partial charge in [0.25, 0.3) is 0 Å².